The van der Waals surface area contributed by atoms with Crippen molar-refractivity contribution in [3.05, 3.63) is 75.8 Å². The summed E-state index contributed by atoms with van der Waals surface area (Å²) in [6, 6.07) is 16.7. The Kier molecular flexibility index (Phi) is 5.01. The Hall–Kier alpha value is -3.67. The van der Waals surface area contributed by atoms with E-state index in [1.54, 1.807) is 41.4 Å². The lowest BCUT2D eigenvalue weighted by atomic mass is 10.1. The summed E-state index contributed by atoms with van der Waals surface area (Å²) < 4.78 is 33.5. The summed E-state index contributed by atoms with van der Waals surface area (Å²) >= 11 is 3.51. The van der Waals surface area contributed by atoms with E-state index in [1.807, 2.05) is 47.2 Å². The molecule has 0 spiro atoms. The van der Waals surface area contributed by atoms with E-state index in [0.717, 1.165) is 43.2 Å². The second kappa shape index (κ2) is 7.92. The van der Waals surface area contributed by atoms with Gasteiger partial charge in [0.05, 0.1) is 27.0 Å². The minimum atomic E-state index is -3.64. The lowest BCUT2D eigenvalue weighted by Gasteiger charge is -2.10. The fraction of sp³-hybridized carbons (Fsp3) is 0.120. The van der Waals surface area contributed by atoms with Gasteiger partial charge in [-0.2, -0.15) is 0 Å². The van der Waals surface area contributed by atoms with E-state index in [4.69, 9.17) is 4.98 Å². The number of halogens is 1. The Morgan fingerprint density at radius 2 is 1.69 bits per heavy atom. The van der Waals surface area contributed by atoms with Gasteiger partial charge in [-0.3, -0.25) is 13.7 Å². The van der Waals surface area contributed by atoms with E-state index in [-0.39, 0.29) is 10.6 Å². The molecule has 0 aliphatic carbocycles. The summed E-state index contributed by atoms with van der Waals surface area (Å²) in [7, 11) is 1.23. The van der Waals surface area contributed by atoms with E-state index in [9.17, 15) is 13.2 Å². The van der Waals surface area contributed by atoms with E-state index in [0.29, 0.717) is 11.3 Å². The highest BCUT2D eigenvalue weighted by Gasteiger charge is 2.21. The molecule has 0 bridgehead atoms. The van der Waals surface area contributed by atoms with Gasteiger partial charge in [0.25, 0.3) is 0 Å². The lowest BCUT2D eigenvalue weighted by Crippen LogP contribution is -2.19. The van der Waals surface area contributed by atoms with Crippen LogP contribution in [0.4, 0.5) is 0 Å². The van der Waals surface area contributed by atoms with Crippen LogP contribution in [-0.2, 0) is 24.1 Å². The maximum Gasteiger partial charge on any atom is 0.328 e. The molecular weight excluding hydrogens is 544 g/mol. The number of aryl methyl sites for hydroxylation is 2. The van der Waals surface area contributed by atoms with Crippen molar-refractivity contribution in [2.45, 2.75) is 4.90 Å². The monoisotopic (exact) mass is 564 g/mol. The highest BCUT2D eigenvalue weighted by molar-refractivity contribution is 9.10. The molecule has 3 aromatic heterocycles. The Morgan fingerprint density at radius 1 is 0.944 bits per heavy atom. The number of nitrogens with zero attached hydrogens (tertiary/aromatic N) is 4. The molecule has 9 nitrogen and oxygen atoms in total. The molecule has 11 heteroatoms. The van der Waals surface area contributed by atoms with Crippen molar-refractivity contribution >= 4 is 58.9 Å². The van der Waals surface area contributed by atoms with Crippen LogP contribution in [0.3, 0.4) is 0 Å². The largest absolute Gasteiger partial charge is 0.360 e. The number of aromatic nitrogens is 5. The SMILES string of the molecule is CNS(=O)(=O)c1ccc2c(c1)nc(-c1c[nH]c3cc(Br)ccc13)n2-c1ccc2c(c1)n(C)c(=O)n2C. The van der Waals surface area contributed by atoms with Crippen molar-refractivity contribution in [1.82, 2.24) is 28.4 Å². The zero-order chi connectivity index (χ0) is 25.4. The van der Waals surface area contributed by atoms with E-state index < -0.39 is 10.0 Å². The second-order valence-electron chi connectivity index (χ2n) is 8.59. The predicted octanol–water partition coefficient (Wildman–Crippen LogP) is 4.03. The van der Waals surface area contributed by atoms with Gasteiger partial charge in [0, 0.05) is 46.9 Å². The predicted molar refractivity (Wildman–Crippen MR) is 144 cm³/mol. The zero-order valence-corrected chi connectivity index (χ0v) is 22.0. The Morgan fingerprint density at radius 3 is 2.47 bits per heavy atom. The summed E-state index contributed by atoms with van der Waals surface area (Å²) in [4.78, 5) is 20.9. The number of hydrogen-bond donors (Lipinski definition) is 2. The second-order valence-corrected chi connectivity index (χ2v) is 11.4. The average Bonchev–Trinajstić information content (AvgIpc) is 3.52. The number of rotatable bonds is 4. The lowest BCUT2D eigenvalue weighted by molar-refractivity contribution is 0.588. The molecule has 0 radical (unpaired) electrons. The molecule has 182 valence electrons. The number of aromatic amines is 1. The van der Waals surface area contributed by atoms with Gasteiger partial charge in [-0.1, -0.05) is 22.0 Å². The fourth-order valence-corrected chi connectivity index (χ4v) is 5.82. The van der Waals surface area contributed by atoms with E-state index in [1.165, 1.54) is 7.05 Å². The van der Waals surface area contributed by atoms with Gasteiger partial charge in [-0.05, 0) is 55.6 Å². The first-order valence-corrected chi connectivity index (χ1v) is 13.4. The molecule has 0 unspecified atom stereocenters. The van der Waals surface area contributed by atoms with Gasteiger partial charge >= 0.3 is 5.69 Å². The quantitative estimate of drug-likeness (QED) is 0.337. The molecular formula is C25H21BrN6O3S. The third kappa shape index (κ3) is 3.27. The van der Waals surface area contributed by atoms with Crippen LogP contribution in [0.5, 0.6) is 0 Å². The third-order valence-electron chi connectivity index (χ3n) is 6.60. The van der Waals surface area contributed by atoms with Crippen LogP contribution in [-0.4, -0.2) is 39.1 Å². The third-order valence-corrected chi connectivity index (χ3v) is 8.51. The van der Waals surface area contributed by atoms with Crippen LogP contribution in [0.15, 0.2) is 75.0 Å². The van der Waals surface area contributed by atoms with Crippen LogP contribution >= 0.6 is 15.9 Å². The molecule has 6 rings (SSSR count). The summed E-state index contributed by atoms with van der Waals surface area (Å²) in [5.74, 6) is 0.651. The van der Waals surface area contributed by atoms with Crippen LogP contribution in [0.2, 0.25) is 0 Å². The number of imidazole rings is 2. The Balaban J connectivity index is 1.69. The van der Waals surface area contributed by atoms with Crippen molar-refractivity contribution in [3.8, 4) is 17.1 Å². The first kappa shape index (κ1) is 22.8. The van der Waals surface area contributed by atoms with E-state index >= 15 is 0 Å². The molecule has 0 atom stereocenters. The summed E-state index contributed by atoms with van der Waals surface area (Å²) in [6.07, 6.45) is 1.90. The molecule has 0 saturated heterocycles. The molecule has 6 aromatic rings. The molecule has 36 heavy (non-hydrogen) atoms. The van der Waals surface area contributed by atoms with Crippen molar-refractivity contribution in [2.24, 2.45) is 14.1 Å². The number of sulfonamides is 1. The van der Waals surface area contributed by atoms with Gasteiger partial charge < -0.3 is 4.98 Å². The molecule has 0 saturated carbocycles. The average molecular weight is 565 g/mol. The molecule has 2 N–H and O–H groups in total. The van der Waals surface area contributed by atoms with Crippen LogP contribution in [0, 0.1) is 0 Å². The van der Waals surface area contributed by atoms with Crippen LogP contribution < -0.4 is 10.4 Å². The number of fused-ring (bicyclic) bond motifs is 3. The van der Waals surface area contributed by atoms with Crippen molar-refractivity contribution < 1.29 is 8.42 Å². The maximum atomic E-state index is 12.5. The molecule has 0 aliphatic heterocycles. The first-order valence-electron chi connectivity index (χ1n) is 11.1. The Labute approximate surface area is 214 Å². The smallest absolute Gasteiger partial charge is 0.328 e. The van der Waals surface area contributed by atoms with Crippen LogP contribution in [0.1, 0.15) is 0 Å². The van der Waals surface area contributed by atoms with Gasteiger partial charge in [-0.15, -0.1) is 0 Å². The summed E-state index contributed by atoms with van der Waals surface area (Å²) in [6.45, 7) is 0. The van der Waals surface area contributed by atoms with Gasteiger partial charge in [0.1, 0.15) is 5.82 Å². The first-order chi connectivity index (χ1) is 17.2. The van der Waals surface area contributed by atoms with Gasteiger partial charge in [0.15, 0.2) is 0 Å². The summed E-state index contributed by atoms with van der Waals surface area (Å²) in [5, 5.41) is 0.978. The number of hydrogen-bond acceptors (Lipinski definition) is 4. The number of H-pyrrole nitrogens is 1. The Bertz CT molecular complexity index is 2010. The van der Waals surface area contributed by atoms with Crippen molar-refractivity contribution in [1.29, 1.82) is 0 Å². The minimum absolute atomic E-state index is 0.109. The zero-order valence-electron chi connectivity index (χ0n) is 19.6. The van der Waals surface area contributed by atoms with E-state index in [2.05, 4.69) is 25.6 Å². The summed E-state index contributed by atoms with van der Waals surface area (Å²) in [5.41, 5.74) is 5.38. The number of nitrogens with one attached hydrogen (secondary N) is 2. The van der Waals surface area contributed by atoms with Crippen LogP contribution in [0.25, 0.3) is 50.0 Å². The minimum Gasteiger partial charge on any atom is -0.360 e. The van der Waals surface area contributed by atoms with Gasteiger partial charge in [-0.25, -0.2) is 22.9 Å². The highest BCUT2D eigenvalue weighted by Crippen LogP contribution is 2.35. The topological polar surface area (TPSA) is 107 Å². The standard InChI is InChI=1S/C25H21BrN6O3S/c1-27-36(34,35)16-6-9-21-20(12-16)29-24(18-13-28-19-10-14(26)4-7-17(18)19)32(21)15-5-8-22-23(11-15)31(3)25(33)30(22)2/h4-13,27-28H,1-3H3. The van der Waals surface area contributed by atoms with Crippen molar-refractivity contribution in [3.63, 3.8) is 0 Å². The van der Waals surface area contributed by atoms with Gasteiger partial charge in [0.2, 0.25) is 10.0 Å². The molecule has 3 heterocycles. The molecule has 0 fully saturated rings. The highest BCUT2D eigenvalue weighted by atomic mass is 79.9. The molecule has 0 amide bonds. The number of benzene rings is 3. The van der Waals surface area contributed by atoms with Crippen molar-refractivity contribution in [2.75, 3.05) is 7.05 Å². The molecule has 3 aromatic carbocycles. The normalized spacial score (nSPS) is 12.3. The maximum absolute atomic E-state index is 12.5. The fourth-order valence-electron chi connectivity index (χ4n) is 4.70. The molecule has 0 aliphatic rings.